The Bertz CT molecular complexity index is 1250. The summed E-state index contributed by atoms with van der Waals surface area (Å²) in [6.45, 7) is 1.96. The Labute approximate surface area is 192 Å². The van der Waals surface area contributed by atoms with Crippen molar-refractivity contribution in [2.45, 2.75) is 24.7 Å². The molecule has 0 unspecified atom stereocenters. The second-order valence-electron chi connectivity index (χ2n) is 7.70. The number of nitrogens with one attached hydrogen (secondary N) is 1. The summed E-state index contributed by atoms with van der Waals surface area (Å²) in [6, 6.07) is 10.6. The van der Waals surface area contributed by atoms with E-state index in [0.29, 0.717) is 36.6 Å². The highest BCUT2D eigenvalue weighted by Crippen LogP contribution is 2.30. The van der Waals surface area contributed by atoms with Gasteiger partial charge in [-0.3, -0.25) is 4.79 Å². The molecule has 3 heterocycles. The average Bonchev–Trinajstić information content (AvgIpc) is 3.47. The monoisotopic (exact) mass is 471 g/mol. The van der Waals surface area contributed by atoms with E-state index in [4.69, 9.17) is 13.7 Å². The molecule has 1 aliphatic rings. The van der Waals surface area contributed by atoms with Crippen LogP contribution in [0.2, 0.25) is 0 Å². The van der Waals surface area contributed by atoms with Gasteiger partial charge in [-0.2, -0.15) is 4.31 Å². The fourth-order valence-electron chi connectivity index (χ4n) is 3.83. The maximum absolute atomic E-state index is 13.5. The highest BCUT2D eigenvalue weighted by molar-refractivity contribution is 7.89. The maximum atomic E-state index is 13.5. The number of aryl methyl sites for hydroxylation is 1. The first-order valence-electron chi connectivity index (χ1n) is 10.5. The third kappa shape index (κ3) is 4.86. The lowest BCUT2D eigenvalue weighted by molar-refractivity contribution is -0.120. The largest absolute Gasteiger partial charge is 0.495 e. The van der Waals surface area contributed by atoms with Crippen LogP contribution in [0.5, 0.6) is 5.75 Å². The number of furan rings is 1. The van der Waals surface area contributed by atoms with Gasteiger partial charge in [-0.1, -0.05) is 17.3 Å². The molecule has 1 N–H and O–H groups in total. The van der Waals surface area contributed by atoms with Gasteiger partial charge in [-0.05, 0) is 56.2 Å². The summed E-state index contributed by atoms with van der Waals surface area (Å²) < 4.78 is 44.1. The number of sulfonamides is 1. The molecule has 33 heavy (non-hydrogen) atoms. The Morgan fingerprint density at radius 2 is 2.06 bits per heavy atom. The second kappa shape index (κ2) is 9.63. The number of carbonyl (C=O) groups is 1. The number of hydrogen-bond acceptors (Lipinski definition) is 7. The molecule has 0 bridgehead atoms. The lowest BCUT2D eigenvalue weighted by Gasteiger charge is -2.31. The molecule has 1 saturated heterocycles. The van der Waals surface area contributed by atoms with Gasteiger partial charge in [0.25, 0.3) is 0 Å². The predicted molar refractivity (Wildman–Crippen MR) is 122 cm³/mol. The summed E-state index contributed by atoms with van der Waals surface area (Å²) in [6.07, 6.45) is 5.79. The van der Waals surface area contributed by atoms with Crippen LogP contribution in [0.1, 0.15) is 30.1 Å². The number of ether oxygens (including phenoxy) is 1. The van der Waals surface area contributed by atoms with E-state index >= 15 is 0 Å². The number of piperidine rings is 1. The van der Waals surface area contributed by atoms with Crippen molar-refractivity contribution in [2.24, 2.45) is 5.92 Å². The van der Waals surface area contributed by atoms with Gasteiger partial charge in [0.05, 0.1) is 25.0 Å². The van der Waals surface area contributed by atoms with Crippen LogP contribution >= 0.6 is 0 Å². The highest BCUT2D eigenvalue weighted by atomic mass is 32.2. The van der Waals surface area contributed by atoms with Crippen molar-refractivity contribution < 1.29 is 26.9 Å². The van der Waals surface area contributed by atoms with Gasteiger partial charge >= 0.3 is 0 Å². The molecule has 3 aromatic rings. The minimum absolute atomic E-state index is 0.00362. The Hall–Kier alpha value is -3.37. The number of carbonyl (C=O) groups excluding carboxylic acids is 1. The van der Waals surface area contributed by atoms with E-state index in [2.05, 4.69) is 10.5 Å². The van der Waals surface area contributed by atoms with Crippen LogP contribution in [0.15, 0.2) is 56.5 Å². The average molecular weight is 472 g/mol. The molecule has 9 nitrogen and oxygen atoms in total. The minimum Gasteiger partial charge on any atom is -0.495 e. The number of anilines is 1. The zero-order valence-electron chi connectivity index (χ0n) is 18.4. The van der Waals surface area contributed by atoms with E-state index in [1.54, 1.807) is 43.3 Å². The van der Waals surface area contributed by atoms with Crippen LogP contribution in [0, 0.1) is 12.8 Å². The Kier molecular flexibility index (Phi) is 6.66. The normalized spacial score (nSPS) is 17.3. The molecule has 0 aliphatic carbocycles. The van der Waals surface area contributed by atoms with Gasteiger partial charge in [0.1, 0.15) is 17.2 Å². The molecule has 0 saturated carbocycles. The standard InChI is InChI=1S/C23H25N3O6S/c1-16-22(21(32-25-16)12-11-18-8-6-14-31-18)33(28,29)26-13-5-7-17(15-26)23(27)24-19-9-3-4-10-20(19)30-2/h3-4,6,8-12,14,17H,5,7,13,15H2,1-2H3,(H,24,27)/b12-11+/t17-/m1/s1. The van der Waals surface area contributed by atoms with E-state index in [0.717, 1.165) is 0 Å². The van der Waals surface area contributed by atoms with Crippen molar-refractivity contribution in [3.05, 3.63) is 59.9 Å². The van der Waals surface area contributed by atoms with Crippen LogP contribution in [-0.2, 0) is 14.8 Å². The zero-order chi connectivity index (χ0) is 23.4. The van der Waals surface area contributed by atoms with Crippen molar-refractivity contribution >= 4 is 33.8 Å². The first-order chi connectivity index (χ1) is 15.9. The highest BCUT2D eigenvalue weighted by Gasteiger charge is 2.37. The smallest absolute Gasteiger partial charge is 0.248 e. The molecular formula is C23H25N3O6S. The number of aromatic nitrogens is 1. The van der Waals surface area contributed by atoms with Crippen molar-refractivity contribution in [3.8, 4) is 5.75 Å². The first kappa shape index (κ1) is 22.8. The Morgan fingerprint density at radius 1 is 1.24 bits per heavy atom. The molecule has 1 atom stereocenters. The van der Waals surface area contributed by atoms with E-state index in [1.807, 2.05) is 6.07 Å². The van der Waals surface area contributed by atoms with Gasteiger partial charge in [0.15, 0.2) is 10.7 Å². The van der Waals surface area contributed by atoms with Crippen molar-refractivity contribution in [1.82, 2.24) is 9.46 Å². The lowest BCUT2D eigenvalue weighted by atomic mass is 9.98. The van der Waals surface area contributed by atoms with Crippen LogP contribution in [-0.4, -0.2) is 44.0 Å². The summed E-state index contributed by atoms with van der Waals surface area (Å²) in [5, 5.41) is 6.71. The molecule has 1 amide bonds. The predicted octanol–water partition coefficient (Wildman–Crippen LogP) is 3.79. The van der Waals surface area contributed by atoms with Crippen molar-refractivity contribution in [3.63, 3.8) is 0 Å². The Morgan fingerprint density at radius 3 is 2.82 bits per heavy atom. The summed E-state index contributed by atoms with van der Waals surface area (Å²) >= 11 is 0. The topological polar surface area (TPSA) is 115 Å². The lowest BCUT2D eigenvalue weighted by Crippen LogP contribution is -2.43. The molecular weight excluding hydrogens is 446 g/mol. The number of para-hydroxylation sites is 2. The summed E-state index contributed by atoms with van der Waals surface area (Å²) in [7, 11) is -2.41. The van der Waals surface area contributed by atoms with Gasteiger partial charge in [0.2, 0.25) is 15.9 Å². The molecule has 10 heteroatoms. The number of benzene rings is 1. The molecule has 2 aromatic heterocycles. The third-order valence-electron chi connectivity index (χ3n) is 5.49. The maximum Gasteiger partial charge on any atom is 0.248 e. The van der Waals surface area contributed by atoms with Crippen LogP contribution in [0.25, 0.3) is 12.2 Å². The Balaban J connectivity index is 1.53. The summed E-state index contributed by atoms with van der Waals surface area (Å²) in [5.74, 6) is 0.460. The molecule has 0 radical (unpaired) electrons. The molecule has 174 valence electrons. The molecule has 1 aromatic carbocycles. The molecule has 1 fully saturated rings. The number of nitrogens with zero attached hydrogens (tertiary/aromatic N) is 2. The first-order valence-corrected chi connectivity index (χ1v) is 12.0. The number of rotatable bonds is 7. The number of hydrogen-bond donors (Lipinski definition) is 1. The van der Waals surface area contributed by atoms with Crippen LogP contribution < -0.4 is 10.1 Å². The summed E-state index contributed by atoms with van der Waals surface area (Å²) in [4.78, 5) is 12.9. The van der Waals surface area contributed by atoms with E-state index in [1.165, 1.54) is 23.8 Å². The van der Waals surface area contributed by atoms with Crippen LogP contribution in [0.3, 0.4) is 0 Å². The molecule has 1 aliphatic heterocycles. The van der Waals surface area contributed by atoms with E-state index in [9.17, 15) is 13.2 Å². The minimum atomic E-state index is -3.93. The molecule has 0 spiro atoms. The fraction of sp³-hybridized carbons (Fsp3) is 0.304. The van der Waals surface area contributed by atoms with Gasteiger partial charge in [-0.25, -0.2) is 8.42 Å². The number of amides is 1. The molecule has 4 rings (SSSR count). The van der Waals surface area contributed by atoms with Crippen molar-refractivity contribution in [1.29, 1.82) is 0 Å². The second-order valence-corrected chi connectivity index (χ2v) is 9.58. The quantitative estimate of drug-likeness (QED) is 0.557. The van der Waals surface area contributed by atoms with Crippen LogP contribution in [0.4, 0.5) is 5.69 Å². The van der Waals surface area contributed by atoms with Gasteiger partial charge < -0.3 is 19.0 Å². The fourth-order valence-corrected chi connectivity index (χ4v) is 5.60. The number of methoxy groups -OCH3 is 1. The van der Waals surface area contributed by atoms with E-state index < -0.39 is 15.9 Å². The van der Waals surface area contributed by atoms with E-state index in [-0.39, 0.29) is 28.8 Å². The van der Waals surface area contributed by atoms with Gasteiger partial charge in [-0.15, -0.1) is 0 Å². The third-order valence-corrected chi connectivity index (χ3v) is 7.52. The zero-order valence-corrected chi connectivity index (χ0v) is 19.2. The summed E-state index contributed by atoms with van der Waals surface area (Å²) in [5.41, 5.74) is 0.805. The van der Waals surface area contributed by atoms with Crippen molar-refractivity contribution in [2.75, 3.05) is 25.5 Å². The van der Waals surface area contributed by atoms with Gasteiger partial charge in [0, 0.05) is 13.1 Å². The SMILES string of the molecule is COc1ccccc1NC(=O)[C@@H]1CCCN(S(=O)(=O)c2c(C)noc2/C=C/c2ccco2)C1.